The van der Waals surface area contributed by atoms with E-state index in [4.69, 9.17) is 0 Å². The van der Waals surface area contributed by atoms with Crippen LogP contribution in [0.3, 0.4) is 0 Å². The van der Waals surface area contributed by atoms with Crippen molar-refractivity contribution in [2.45, 2.75) is 37.7 Å². The lowest BCUT2D eigenvalue weighted by atomic mass is 10.1. The van der Waals surface area contributed by atoms with Crippen LogP contribution in [0.15, 0.2) is 30.5 Å². The van der Waals surface area contributed by atoms with Crippen molar-refractivity contribution in [3.8, 4) is 0 Å². The first-order chi connectivity index (χ1) is 14.5. The molecule has 0 spiro atoms. The number of piperidine rings is 1. The number of aromatic nitrogens is 2. The number of hydrogen-bond donors (Lipinski definition) is 2. The number of hydrogen-bond acceptors (Lipinski definition) is 6. The molecule has 1 aromatic heterocycles. The summed E-state index contributed by atoms with van der Waals surface area (Å²) in [5, 5.41) is 13.1. The van der Waals surface area contributed by atoms with Crippen LogP contribution in [0.4, 0.5) is 31.9 Å². The molecule has 1 unspecified atom stereocenters. The van der Waals surface area contributed by atoms with Gasteiger partial charge >= 0.3 is 0 Å². The number of aryl methyl sites for hydroxylation is 1. The van der Waals surface area contributed by atoms with E-state index in [-0.39, 0.29) is 19.2 Å². The maximum Gasteiger partial charge on any atom is 0.229 e. The average molecular weight is 529 g/mol. The lowest BCUT2D eigenvalue weighted by Gasteiger charge is -2.32. The number of nitrogens with one attached hydrogen (secondary N) is 1. The number of anilines is 4. The van der Waals surface area contributed by atoms with E-state index in [2.05, 4.69) is 42.8 Å². The third kappa shape index (κ3) is 4.93. The Labute approximate surface area is 188 Å². The molecule has 9 heteroatoms. The molecule has 162 valence electrons. The zero-order chi connectivity index (χ0) is 21.1. The van der Waals surface area contributed by atoms with Crippen LogP contribution in [-0.2, 0) is 6.42 Å². The molecule has 0 aliphatic carbocycles. The Morgan fingerprint density at radius 1 is 1.10 bits per heavy atom. The molecule has 0 bridgehead atoms. The molecule has 3 atom stereocenters. The highest BCUT2D eigenvalue weighted by Gasteiger charge is 2.34. The standard InChI is InChI=1S/C21H26F2IN5O/c22-18-12-29(13-19(18)23)20-14(7-8-24)10-25-21(27-20)26-15-3-5-16(6-4-15)28-9-1-2-17(30)11-28/h3-6,10,17-19,30H,1-2,7-9,11-13H2,(H,25,26,27)/t17?,18-,19-/m0/s1. The molecular formula is C21H26F2IN5O. The third-order valence-electron chi connectivity index (χ3n) is 5.57. The quantitative estimate of drug-likeness (QED) is 0.440. The normalized spacial score (nSPS) is 24.3. The van der Waals surface area contributed by atoms with Crippen LogP contribution in [0.25, 0.3) is 0 Å². The van der Waals surface area contributed by atoms with Gasteiger partial charge in [0, 0.05) is 40.7 Å². The highest BCUT2D eigenvalue weighted by molar-refractivity contribution is 14.1. The maximum atomic E-state index is 13.7. The molecule has 1 aromatic carbocycles. The Morgan fingerprint density at radius 2 is 1.83 bits per heavy atom. The minimum absolute atomic E-state index is 0.0161. The van der Waals surface area contributed by atoms with E-state index in [0.29, 0.717) is 18.3 Å². The highest BCUT2D eigenvalue weighted by atomic mass is 127. The summed E-state index contributed by atoms with van der Waals surface area (Å²) in [4.78, 5) is 12.8. The fourth-order valence-corrected chi connectivity index (χ4v) is 4.56. The second kappa shape index (κ2) is 9.59. The number of alkyl halides is 3. The van der Waals surface area contributed by atoms with Crippen molar-refractivity contribution < 1.29 is 13.9 Å². The fourth-order valence-electron chi connectivity index (χ4n) is 3.98. The van der Waals surface area contributed by atoms with Crippen molar-refractivity contribution in [2.75, 3.05) is 45.7 Å². The minimum Gasteiger partial charge on any atom is -0.391 e. The monoisotopic (exact) mass is 529 g/mol. The van der Waals surface area contributed by atoms with Crippen molar-refractivity contribution in [2.24, 2.45) is 0 Å². The summed E-state index contributed by atoms with van der Waals surface area (Å²) < 4.78 is 28.3. The van der Waals surface area contributed by atoms with E-state index in [0.717, 1.165) is 47.2 Å². The molecule has 0 amide bonds. The van der Waals surface area contributed by atoms with Crippen LogP contribution in [-0.4, -0.2) is 64.1 Å². The number of aliphatic hydroxyl groups is 1. The first kappa shape index (κ1) is 21.5. The number of benzene rings is 1. The Morgan fingerprint density at radius 3 is 2.50 bits per heavy atom. The molecule has 2 aliphatic heterocycles. The smallest absolute Gasteiger partial charge is 0.229 e. The number of aliphatic hydroxyl groups excluding tert-OH is 1. The summed E-state index contributed by atoms with van der Waals surface area (Å²) in [5.74, 6) is 1.01. The van der Waals surface area contributed by atoms with Crippen LogP contribution >= 0.6 is 22.6 Å². The minimum atomic E-state index is -1.48. The molecular weight excluding hydrogens is 503 g/mol. The third-order valence-corrected chi connectivity index (χ3v) is 6.11. The number of nitrogens with zero attached hydrogens (tertiary/aromatic N) is 4. The molecule has 2 saturated heterocycles. The van der Waals surface area contributed by atoms with E-state index in [1.807, 2.05) is 24.3 Å². The lowest BCUT2D eigenvalue weighted by Crippen LogP contribution is -2.38. The Balaban J connectivity index is 1.49. The summed E-state index contributed by atoms with van der Waals surface area (Å²) >= 11 is 2.27. The summed E-state index contributed by atoms with van der Waals surface area (Å²) in [7, 11) is 0. The van der Waals surface area contributed by atoms with Gasteiger partial charge in [-0.05, 0) is 43.5 Å². The molecule has 3 heterocycles. The van der Waals surface area contributed by atoms with Gasteiger partial charge in [-0.25, -0.2) is 13.8 Å². The van der Waals surface area contributed by atoms with Gasteiger partial charge in [-0.2, -0.15) is 4.98 Å². The molecule has 2 aromatic rings. The van der Waals surface area contributed by atoms with Crippen LogP contribution in [0.1, 0.15) is 18.4 Å². The lowest BCUT2D eigenvalue weighted by molar-refractivity contribution is 0.154. The van der Waals surface area contributed by atoms with Gasteiger partial charge < -0.3 is 20.2 Å². The molecule has 2 fully saturated rings. The van der Waals surface area contributed by atoms with E-state index >= 15 is 0 Å². The summed E-state index contributed by atoms with van der Waals surface area (Å²) in [6.45, 7) is 1.62. The van der Waals surface area contributed by atoms with Gasteiger partial charge in [0.1, 0.15) is 5.82 Å². The molecule has 2 aliphatic rings. The number of rotatable bonds is 6. The van der Waals surface area contributed by atoms with Crippen LogP contribution in [0.5, 0.6) is 0 Å². The molecule has 0 saturated carbocycles. The molecule has 2 N–H and O–H groups in total. The van der Waals surface area contributed by atoms with Gasteiger partial charge in [0.05, 0.1) is 19.2 Å². The average Bonchev–Trinajstić information content (AvgIpc) is 3.08. The van der Waals surface area contributed by atoms with E-state index < -0.39 is 12.3 Å². The van der Waals surface area contributed by atoms with E-state index in [9.17, 15) is 13.9 Å². The van der Waals surface area contributed by atoms with Crippen molar-refractivity contribution in [1.29, 1.82) is 0 Å². The van der Waals surface area contributed by atoms with Gasteiger partial charge in [-0.3, -0.25) is 0 Å². The van der Waals surface area contributed by atoms with Gasteiger partial charge in [0.25, 0.3) is 0 Å². The summed E-state index contributed by atoms with van der Waals surface area (Å²) in [6.07, 6.45) is 1.09. The van der Waals surface area contributed by atoms with Gasteiger partial charge in [-0.1, -0.05) is 22.6 Å². The predicted molar refractivity (Wildman–Crippen MR) is 124 cm³/mol. The zero-order valence-corrected chi connectivity index (χ0v) is 18.8. The van der Waals surface area contributed by atoms with Crippen LogP contribution in [0.2, 0.25) is 0 Å². The van der Waals surface area contributed by atoms with Crippen molar-refractivity contribution in [1.82, 2.24) is 9.97 Å². The maximum absolute atomic E-state index is 13.7. The second-order valence-corrected chi connectivity index (χ2v) is 8.91. The van der Waals surface area contributed by atoms with Crippen LogP contribution < -0.4 is 15.1 Å². The molecule has 6 nitrogen and oxygen atoms in total. The zero-order valence-electron chi connectivity index (χ0n) is 16.6. The molecule has 4 rings (SSSR count). The first-order valence-corrected chi connectivity index (χ1v) is 11.8. The highest BCUT2D eigenvalue weighted by Crippen LogP contribution is 2.28. The second-order valence-electron chi connectivity index (χ2n) is 7.83. The Bertz CT molecular complexity index is 846. The molecule has 30 heavy (non-hydrogen) atoms. The van der Waals surface area contributed by atoms with E-state index in [1.165, 1.54) is 0 Å². The van der Waals surface area contributed by atoms with Gasteiger partial charge in [-0.15, -0.1) is 0 Å². The first-order valence-electron chi connectivity index (χ1n) is 10.3. The number of halogens is 3. The topological polar surface area (TPSA) is 64.5 Å². The van der Waals surface area contributed by atoms with Crippen molar-refractivity contribution >= 4 is 45.7 Å². The van der Waals surface area contributed by atoms with Gasteiger partial charge in [0.2, 0.25) is 5.95 Å². The van der Waals surface area contributed by atoms with Crippen molar-refractivity contribution in [3.05, 3.63) is 36.0 Å². The summed E-state index contributed by atoms with van der Waals surface area (Å²) in [6, 6.07) is 7.91. The fraction of sp³-hybridized carbons (Fsp3) is 0.524. The molecule has 0 radical (unpaired) electrons. The number of β-amino-alcohol motifs (C(OH)–C–C–N with tert-alkyl or cyclic N) is 1. The summed E-state index contributed by atoms with van der Waals surface area (Å²) in [5.41, 5.74) is 2.80. The van der Waals surface area contributed by atoms with Gasteiger partial charge in [0.15, 0.2) is 12.3 Å². The largest absolute Gasteiger partial charge is 0.391 e. The Hall–Kier alpha value is -1.75. The Kier molecular flexibility index (Phi) is 6.87. The predicted octanol–water partition coefficient (Wildman–Crippen LogP) is 3.66. The SMILES string of the molecule is OC1CCCN(c2ccc(Nc3ncc(CCI)c(N4C[C@H](F)[C@@H](F)C4)n3)cc2)C1. The van der Waals surface area contributed by atoms with E-state index in [1.54, 1.807) is 11.1 Å². The van der Waals surface area contributed by atoms with Crippen molar-refractivity contribution in [3.63, 3.8) is 0 Å². The van der Waals surface area contributed by atoms with Crippen LogP contribution in [0, 0.1) is 0 Å².